The lowest BCUT2D eigenvalue weighted by Gasteiger charge is -2.20. The quantitative estimate of drug-likeness (QED) is 0.859. The molecule has 1 fully saturated rings. The third-order valence-electron chi connectivity index (χ3n) is 2.84. The molecule has 1 aromatic carbocycles. The van der Waals surface area contributed by atoms with Gasteiger partial charge < -0.3 is 0 Å². The predicted molar refractivity (Wildman–Crippen MR) is 65.3 cm³/mol. The second-order valence-corrected chi connectivity index (χ2v) is 4.77. The Balaban J connectivity index is 2.24. The van der Waals surface area contributed by atoms with Gasteiger partial charge in [-0.3, -0.25) is 4.79 Å². The molecule has 1 unspecified atom stereocenters. The monoisotopic (exact) mass is 238 g/mol. The van der Waals surface area contributed by atoms with Gasteiger partial charge in [0.05, 0.1) is 10.7 Å². The molecule has 1 aliphatic rings. The Kier molecular flexibility index (Phi) is 3.17. The standard InChI is InChI=1S/C12H15ClN2O/c1-8(2)10-7-12(16)15(14-10)11-6-4-3-5-9(11)13/h3-6,8,10,14H,7H2,1-2H3. The summed E-state index contributed by atoms with van der Waals surface area (Å²) in [6.07, 6.45) is 0.531. The molecule has 0 bridgehead atoms. The molecule has 0 spiro atoms. The van der Waals surface area contributed by atoms with Crippen LogP contribution in [0.4, 0.5) is 5.69 Å². The molecular formula is C12H15ClN2O. The highest BCUT2D eigenvalue weighted by molar-refractivity contribution is 6.33. The largest absolute Gasteiger partial charge is 0.273 e. The van der Waals surface area contributed by atoms with Crippen molar-refractivity contribution in [2.75, 3.05) is 5.01 Å². The molecule has 1 N–H and O–H groups in total. The first kappa shape index (κ1) is 11.4. The SMILES string of the molecule is CC(C)C1CC(=O)N(c2ccccc2Cl)N1. The van der Waals surface area contributed by atoms with Crippen molar-refractivity contribution < 1.29 is 4.79 Å². The molecule has 1 aliphatic heterocycles. The van der Waals surface area contributed by atoms with Crippen LogP contribution in [0.1, 0.15) is 20.3 Å². The van der Waals surface area contributed by atoms with Gasteiger partial charge in [0.15, 0.2) is 0 Å². The smallest absolute Gasteiger partial charge is 0.243 e. The molecule has 1 aromatic rings. The lowest BCUT2D eigenvalue weighted by molar-refractivity contribution is -0.117. The van der Waals surface area contributed by atoms with Gasteiger partial charge in [0.1, 0.15) is 0 Å². The number of halogens is 1. The van der Waals surface area contributed by atoms with Crippen LogP contribution < -0.4 is 10.4 Å². The Labute approximate surface area is 100 Å². The maximum absolute atomic E-state index is 11.8. The number of amides is 1. The molecule has 0 radical (unpaired) electrons. The highest BCUT2D eigenvalue weighted by atomic mass is 35.5. The molecule has 16 heavy (non-hydrogen) atoms. The molecule has 1 atom stereocenters. The van der Waals surface area contributed by atoms with E-state index in [-0.39, 0.29) is 11.9 Å². The summed E-state index contributed by atoms with van der Waals surface area (Å²) >= 11 is 6.06. The number of hydrazine groups is 1. The first-order chi connectivity index (χ1) is 7.59. The average molecular weight is 239 g/mol. The Morgan fingerprint density at radius 1 is 1.44 bits per heavy atom. The first-order valence-corrected chi connectivity index (χ1v) is 5.81. The lowest BCUT2D eigenvalue weighted by atomic mass is 10.0. The summed E-state index contributed by atoms with van der Waals surface area (Å²) in [6, 6.07) is 7.55. The molecule has 1 amide bonds. The van der Waals surface area contributed by atoms with Gasteiger partial charge in [-0.15, -0.1) is 0 Å². The van der Waals surface area contributed by atoms with Crippen LogP contribution >= 0.6 is 11.6 Å². The second kappa shape index (κ2) is 4.44. The number of nitrogens with one attached hydrogen (secondary N) is 1. The van der Waals surface area contributed by atoms with Crippen molar-refractivity contribution >= 4 is 23.2 Å². The fraction of sp³-hybridized carbons (Fsp3) is 0.417. The molecule has 3 nitrogen and oxygen atoms in total. The summed E-state index contributed by atoms with van der Waals surface area (Å²) < 4.78 is 0. The highest BCUT2D eigenvalue weighted by Gasteiger charge is 2.32. The van der Waals surface area contributed by atoms with E-state index in [4.69, 9.17) is 11.6 Å². The number of carbonyl (C=O) groups is 1. The van der Waals surface area contributed by atoms with Crippen LogP contribution in [-0.2, 0) is 4.79 Å². The Hall–Kier alpha value is -1.06. The third kappa shape index (κ3) is 2.06. The van der Waals surface area contributed by atoms with Crippen molar-refractivity contribution in [1.29, 1.82) is 0 Å². The van der Waals surface area contributed by atoms with E-state index in [1.54, 1.807) is 11.1 Å². The molecule has 1 heterocycles. The van der Waals surface area contributed by atoms with Gasteiger partial charge in [-0.2, -0.15) is 0 Å². The maximum Gasteiger partial charge on any atom is 0.243 e. The van der Waals surface area contributed by atoms with Crippen molar-refractivity contribution in [1.82, 2.24) is 5.43 Å². The Morgan fingerprint density at radius 3 is 2.69 bits per heavy atom. The zero-order chi connectivity index (χ0) is 11.7. The van der Waals surface area contributed by atoms with Crippen molar-refractivity contribution in [3.63, 3.8) is 0 Å². The molecule has 0 aromatic heterocycles. The van der Waals surface area contributed by atoms with Gasteiger partial charge in [-0.05, 0) is 18.1 Å². The highest BCUT2D eigenvalue weighted by Crippen LogP contribution is 2.28. The van der Waals surface area contributed by atoms with Crippen LogP contribution in [0.25, 0.3) is 0 Å². The number of hydrogen-bond acceptors (Lipinski definition) is 2. The van der Waals surface area contributed by atoms with Crippen molar-refractivity contribution in [3.05, 3.63) is 29.3 Å². The van der Waals surface area contributed by atoms with Crippen LogP contribution in [0.2, 0.25) is 5.02 Å². The third-order valence-corrected chi connectivity index (χ3v) is 3.16. The fourth-order valence-electron chi connectivity index (χ4n) is 1.78. The van der Waals surface area contributed by atoms with Crippen molar-refractivity contribution in [3.8, 4) is 0 Å². The summed E-state index contributed by atoms with van der Waals surface area (Å²) in [5.74, 6) is 0.503. The van der Waals surface area contributed by atoms with E-state index < -0.39 is 0 Å². The number of hydrogen-bond donors (Lipinski definition) is 1. The lowest BCUT2D eigenvalue weighted by Crippen LogP contribution is -2.39. The van der Waals surface area contributed by atoms with E-state index in [1.165, 1.54) is 0 Å². The normalized spacial score (nSPS) is 20.9. The van der Waals surface area contributed by atoms with Crippen LogP contribution in [0.5, 0.6) is 0 Å². The van der Waals surface area contributed by atoms with Crippen LogP contribution in [-0.4, -0.2) is 11.9 Å². The fourth-order valence-corrected chi connectivity index (χ4v) is 2.00. The van der Waals surface area contributed by atoms with E-state index in [9.17, 15) is 4.79 Å². The summed E-state index contributed by atoms with van der Waals surface area (Å²) in [6.45, 7) is 4.20. The van der Waals surface area contributed by atoms with E-state index in [2.05, 4.69) is 19.3 Å². The van der Waals surface area contributed by atoms with E-state index in [0.717, 1.165) is 5.69 Å². The topological polar surface area (TPSA) is 32.3 Å². The summed E-state index contributed by atoms with van der Waals surface area (Å²) in [5, 5.41) is 2.15. The zero-order valence-electron chi connectivity index (χ0n) is 9.40. The van der Waals surface area contributed by atoms with Crippen molar-refractivity contribution in [2.24, 2.45) is 5.92 Å². The molecule has 2 rings (SSSR count). The number of rotatable bonds is 2. The molecule has 1 saturated heterocycles. The molecule has 0 aliphatic carbocycles. The number of carbonyl (C=O) groups excluding carboxylic acids is 1. The number of anilines is 1. The predicted octanol–water partition coefficient (Wildman–Crippen LogP) is 2.61. The molecular weight excluding hydrogens is 224 g/mol. The van der Waals surface area contributed by atoms with Crippen molar-refractivity contribution in [2.45, 2.75) is 26.3 Å². The molecule has 0 saturated carbocycles. The Bertz CT molecular complexity index is 406. The van der Waals surface area contributed by atoms with Gasteiger partial charge >= 0.3 is 0 Å². The molecule has 86 valence electrons. The van der Waals surface area contributed by atoms with E-state index in [1.807, 2.05) is 18.2 Å². The zero-order valence-corrected chi connectivity index (χ0v) is 10.2. The minimum atomic E-state index is 0.0757. The average Bonchev–Trinajstić information content (AvgIpc) is 2.61. The summed E-state index contributed by atoms with van der Waals surface area (Å²) in [4.78, 5) is 11.8. The number of nitrogens with zero attached hydrogens (tertiary/aromatic N) is 1. The van der Waals surface area contributed by atoms with Gasteiger partial charge in [-0.25, -0.2) is 10.4 Å². The summed E-state index contributed by atoms with van der Waals surface area (Å²) in [5.41, 5.74) is 3.93. The van der Waals surface area contributed by atoms with Gasteiger partial charge in [0, 0.05) is 12.5 Å². The first-order valence-electron chi connectivity index (χ1n) is 5.43. The van der Waals surface area contributed by atoms with E-state index >= 15 is 0 Å². The number of benzene rings is 1. The van der Waals surface area contributed by atoms with Gasteiger partial charge in [0.25, 0.3) is 0 Å². The van der Waals surface area contributed by atoms with E-state index in [0.29, 0.717) is 17.4 Å². The van der Waals surface area contributed by atoms with Crippen LogP contribution in [0, 0.1) is 5.92 Å². The maximum atomic E-state index is 11.8. The van der Waals surface area contributed by atoms with Crippen LogP contribution in [0.15, 0.2) is 24.3 Å². The second-order valence-electron chi connectivity index (χ2n) is 4.36. The molecule has 4 heteroatoms. The summed E-state index contributed by atoms with van der Waals surface area (Å²) in [7, 11) is 0. The minimum Gasteiger partial charge on any atom is -0.273 e. The minimum absolute atomic E-state index is 0.0757. The van der Waals surface area contributed by atoms with Crippen LogP contribution in [0.3, 0.4) is 0 Å². The van der Waals surface area contributed by atoms with Gasteiger partial charge in [-0.1, -0.05) is 37.6 Å². The van der Waals surface area contributed by atoms with Gasteiger partial charge in [0.2, 0.25) is 5.91 Å². The number of para-hydroxylation sites is 1. The Morgan fingerprint density at radius 2 is 2.12 bits per heavy atom.